The second kappa shape index (κ2) is 5.49. The molecule has 0 saturated carbocycles. The highest BCUT2D eigenvalue weighted by Crippen LogP contribution is 2.13. The number of urea groups is 1. The highest BCUT2D eigenvalue weighted by atomic mass is 127. The largest absolute Gasteiger partial charge is 0.378 e. The molecule has 5 heteroatoms. The van der Waals surface area contributed by atoms with Gasteiger partial charge in [-0.2, -0.15) is 0 Å². The Morgan fingerprint density at radius 2 is 2.12 bits per heavy atom. The Hall–Kier alpha value is -0.820. The quantitative estimate of drug-likeness (QED) is 0.801. The normalized spacial score (nSPS) is 15.9. The van der Waals surface area contributed by atoms with Gasteiger partial charge in [0.25, 0.3) is 0 Å². The minimum absolute atomic E-state index is 0.0506. The SMILES string of the molecule is O=C(Nc1cccc(I)c1)N1CCOCC1. The van der Waals surface area contributed by atoms with Crippen molar-refractivity contribution in [2.24, 2.45) is 0 Å². The summed E-state index contributed by atoms with van der Waals surface area (Å²) in [5, 5.41) is 2.88. The number of nitrogens with zero attached hydrogens (tertiary/aromatic N) is 1. The molecule has 1 aliphatic heterocycles. The fraction of sp³-hybridized carbons (Fsp3) is 0.364. The Kier molecular flexibility index (Phi) is 4.00. The molecule has 0 radical (unpaired) electrons. The van der Waals surface area contributed by atoms with Gasteiger partial charge in [-0.25, -0.2) is 4.79 Å². The molecule has 4 nitrogen and oxygen atoms in total. The second-order valence-electron chi connectivity index (χ2n) is 3.54. The van der Waals surface area contributed by atoms with Crippen LogP contribution in [0.3, 0.4) is 0 Å². The minimum atomic E-state index is -0.0506. The molecule has 16 heavy (non-hydrogen) atoms. The zero-order valence-electron chi connectivity index (χ0n) is 8.78. The van der Waals surface area contributed by atoms with Crippen molar-refractivity contribution in [1.29, 1.82) is 0 Å². The highest BCUT2D eigenvalue weighted by molar-refractivity contribution is 14.1. The van der Waals surface area contributed by atoms with E-state index >= 15 is 0 Å². The van der Waals surface area contributed by atoms with Crippen LogP contribution in [0.4, 0.5) is 10.5 Å². The van der Waals surface area contributed by atoms with Crippen molar-refractivity contribution in [1.82, 2.24) is 4.90 Å². The lowest BCUT2D eigenvalue weighted by molar-refractivity contribution is 0.0564. The zero-order chi connectivity index (χ0) is 11.4. The Morgan fingerprint density at radius 3 is 2.81 bits per heavy atom. The van der Waals surface area contributed by atoms with Gasteiger partial charge in [0.05, 0.1) is 13.2 Å². The van der Waals surface area contributed by atoms with Crippen molar-refractivity contribution in [2.45, 2.75) is 0 Å². The fourth-order valence-electron chi connectivity index (χ4n) is 1.54. The fourth-order valence-corrected chi connectivity index (χ4v) is 2.08. The van der Waals surface area contributed by atoms with Crippen LogP contribution in [0.1, 0.15) is 0 Å². The molecule has 1 saturated heterocycles. The number of rotatable bonds is 1. The van der Waals surface area contributed by atoms with Gasteiger partial charge in [0.1, 0.15) is 0 Å². The van der Waals surface area contributed by atoms with Gasteiger partial charge in [0.2, 0.25) is 0 Å². The highest BCUT2D eigenvalue weighted by Gasteiger charge is 2.16. The number of halogens is 1. The predicted molar refractivity (Wildman–Crippen MR) is 70.6 cm³/mol. The van der Waals surface area contributed by atoms with Gasteiger partial charge in [-0.1, -0.05) is 6.07 Å². The molecule has 1 heterocycles. The molecule has 86 valence electrons. The predicted octanol–water partition coefficient (Wildman–Crippen LogP) is 2.16. The maximum atomic E-state index is 11.8. The molecule has 1 aromatic rings. The van der Waals surface area contributed by atoms with Crippen LogP contribution in [0.5, 0.6) is 0 Å². The van der Waals surface area contributed by atoms with Gasteiger partial charge >= 0.3 is 6.03 Å². The molecule has 0 spiro atoms. The third kappa shape index (κ3) is 3.08. The molecule has 1 N–H and O–H groups in total. The number of morpholine rings is 1. The molecule has 1 fully saturated rings. The number of nitrogens with one attached hydrogen (secondary N) is 1. The van der Waals surface area contributed by atoms with E-state index in [4.69, 9.17) is 4.74 Å². The standard InChI is InChI=1S/C11H13IN2O2/c12-9-2-1-3-10(8-9)13-11(15)14-4-6-16-7-5-14/h1-3,8H,4-7H2,(H,13,15). The van der Waals surface area contributed by atoms with E-state index in [-0.39, 0.29) is 6.03 Å². The van der Waals surface area contributed by atoms with Gasteiger partial charge < -0.3 is 15.0 Å². The first-order valence-corrected chi connectivity index (χ1v) is 6.23. The van der Waals surface area contributed by atoms with Crippen LogP contribution in [-0.4, -0.2) is 37.2 Å². The number of hydrogen-bond donors (Lipinski definition) is 1. The summed E-state index contributed by atoms with van der Waals surface area (Å²) >= 11 is 2.22. The van der Waals surface area contributed by atoms with Crippen LogP contribution in [0.15, 0.2) is 24.3 Å². The van der Waals surface area contributed by atoms with E-state index in [2.05, 4.69) is 27.9 Å². The Balaban J connectivity index is 1.96. The lowest BCUT2D eigenvalue weighted by atomic mass is 10.3. The smallest absolute Gasteiger partial charge is 0.322 e. The molecule has 1 aromatic carbocycles. The van der Waals surface area contributed by atoms with Crippen molar-refractivity contribution >= 4 is 34.3 Å². The molecule has 0 bridgehead atoms. The zero-order valence-corrected chi connectivity index (χ0v) is 10.9. The summed E-state index contributed by atoms with van der Waals surface area (Å²) in [6.07, 6.45) is 0. The summed E-state index contributed by atoms with van der Waals surface area (Å²) < 4.78 is 6.31. The molecule has 2 amide bonds. The van der Waals surface area contributed by atoms with Crippen LogP contribution in [0.2, 0.25) is 0 Å². The maximum Gasteiger partial charge on any atom is 0.322 e. The first-order chi connectivity index (χ1) is 7.75. The van der Waals surface area contributed by atoms with E-state index in [0.29, 0.717) is 26.3 Å². The first kappa shape index (κ1) is 11.7. The Bertz CT molecular complexity index is 378. The molecule has 0 aliphatic carbocycles. The van der Waals surface area contributed by atoms with Gasteiger partial charge in [0, 0.05) is 22.3 Å². The van der Waals surface area contributed by atoms with Crippen LogP contribution in [0, 0.1) is 3.57 Å². The minimum Gasteiger partial charge on any atom is -0.378 e. The Morgan fingerprint density at radius 1 is 1.38 bits per heavy atom. The van der Waals surface area contributed by atoms with E-state index < -0.39 is 0 Å². The van der Waals surface area contributed by atoms with Crippen LogP contribution < -0.4 is 5.32 Å². The summed E-state index contributed by atoms with van der Waals surface area (Å²) in [6, 6.07) is 7.70. The number of ether oxygens (including phenoxy) is 1. The van der Waals surface area contributed by atoms with Crippen LogP contribution in [-0.2, 0) is 4.74 Å². The van der Waals surface area contributed by atoms with Crippen molar-refractivity contribution in [3.05, 3.63) is 27.8 Å². The third-order valence-electron chi connectivity index (χ3n) is 2.37. The van der Waals surface area contributed by atoms with Gasteiger partial charge in [-0.05, 0) is 40.8 Å². The third-order valence-corrected chi connectivity index (χ3v) is 3.05. The van der Waals surface area contributed by atoms with Crippen LogP contribution in [0.25, 0.3) is 0 Å². The van der Waals surface area contributed by atoms with E-state index in [9.17, 15) is 4.79 Å². The number of benzene rings is 1. The maximum absolute atomic E-state index is 11.8. The van der Waals surface area contributed by atoms with E-state index in [1.807, 2.05) is 24.3 Å². The van der Waals surface area contributed by atoms with Gasteiger partial charge in [-0.3, -0.25) is 0 Å². The van der Waals surface area contributed by atoms with Crippen molar-refractivity contribution in [3.8, 4) is 0 Å². The monoisotopic (exact) mass is 332 g/mol. The topological polar surface area (TPSA) is 41.6 Å². The van der Waals surface area contributed by atoms with Crippen molar-refractivity contribution in [2.75, 3.05) is 31.6 Å². The number of hydrogen-bond acceptors (Lipinski definition) is 2. The van der Waals surface area contributed by atoms with Crippen LogP contribution >= 0.6 is 22.6 Å². The Labute approximate surface area is 108 Å². The lowest BCUT2D eigenvalue weighted by Crippen LogP contribution is -2.43. The average molecular weight is 332 g/mol. The average Bonchev–Trinajstić information content (AvgIpc) is 2.30. The van der Waals surface area contributed by atoms with E-state index in [1.54, 1.807) is 4.90 Å². The summed E-state index contributed by atoms with van der Waals surface area (Å²) in [5.74, 6) is 0. The number of carbonyl (C=O) groups is 1. The molecule has 2 rings (SSSR count). The molecule has 0 atom stereocenters. The molecular weight excluding hydrogens is 319 g/mol. The summed E-state index contributed by atoms with van der Waals surface area (Å²) in [6.45, 7) is 2.57. The lowest BCUT2D eigenvalue weighted by Gasteiger charge is -2.26. The molecule has 0 unspecified atom stereocenters. The van der Waals surface area contributed by atoms with E-state index in [0.717, 1.165) is 9.26 Å². The molecular formula is C11H13IN2O2. The van der Waals surface area contributed by atoms with Gasteiger partial charge in [-0.15, -0.1) is 0 Å². The number of carbonyl (C=O) groups excluding carboxylic acids is 1. The summed E-state index contributed by atoms with van der Waals surface area (Å²) in [4.78, 5) is 13.6. The van der Waals surface area contributed by atoms with Crippen molar-refractivity contribution in [3.63, 3.8) is 0 Å². The summed E-state index contributed by atoms with van der Waals surface area (Å²) in [5.41, 5.74) is 0.836. The summed E-state index contributed by atoms with van der Waals surface area (Å²) in [7, 11) is 0. The second-order valence-corrected chi connectivity index (χ2v) is 4.79. The first-order valence-electron chi connectivity index (χ1n) is 5.15. The van der Waals surface area contributed by atoms with Crippen molar-refractivity contribution < 1.29 is 9.53 Å². The van der Waals surface area contributed by atoms with Gasteiger partial charge in [0.15, 0.2) is 0 Å². The molecule has 0 aromatic heterocycles. The number of amides is 2. The molecule has 1 aliphatic rings. The van der Waals surface area contributed by atoms with E-state index in [1.165, 1.54) is 0 Å². The number of anilines is 1.